The molecule has 1 aliphatic carbocycles. The van der Waals surface area contributed by atoms with Crippen LogP contribution in [-0.4, -0.2) is 24.5 Å². The van der Waals surface area contributed by atoms with Gasteiger partial charge < -0.3 is 4.74 Å². The van der Waals surface area contributed by atoms with Crippen molar-refractivity contribution in [3.8, 4) is 0 Å². The molecule has 1 aromatic carbocycles. The second-order valence-electron chi connectivity index (χ2n) is 7.05. The molecule has 0 unspecified atom stereocenters. The molecule has 0 saturated heterocycles. The van der Waals surface area contributed by atoms with Gasteiger partial charge in [-0.2, -0.15) is 5.10 Å². The largest absolute Gasteiger partial charge is 0.360 e. The zero-order chi connectivity index (χ0) is 14.2. The highest BCUT2D eigenvalue weighted by atomic mass is 28.3. The summed E-state index contributed by atoms with van der Waals surface area (Å²) >= 11 is 0. The minimum absolute atomic E-state index is 0.581. The first kappa shape index (κ1) is 13.8. The first-order chi connectivity index (χ1) is 9.54. The number of fused-ring (bicyclic) bond motifs is 1. The third kappa shape index (κ3) is 3.12. The second-order valence-corrected chi connectivity index (χ2v) is 12.7. The smallest absolute Gasteiger partial charge is 0.140 e. The van der Waals surface area contributed by atoms with Gasteiger partial charge in [0.1, 0.15) is 6.73 Å². The van der Waals surface area contributed by atoms with E-state index in [1.807, 2.05) is 10.9 Å². The van der Waals surface area contributed by atoms with Gasteiger partial charge in [-0.05, 0) is 30.4 Å². The highest BCUT2D eigenvalue weighted by Crippen LogP contribution is 2.42. The monoisotopic (exact) mass is 288 g/mol. The van der Waals surface area contributed by atoms with Crippen LogP contribution in [0.25, 0.3) is 10.9 Å². The molecule has 0 atom stereocenters. The molecular weight excluding hydrogens is 264 g/mol. The Morgan fingerprint density at radius 1 is 1.30 bits per heavy atom. The van der Waals surface area contributed by atoms with Crippen molar-refractivity contribution >= 4 is 19.0 Å². The fourth-order valence-electron chi connectivity index (χ4n) is 2.52. The molecule has 20 heavy (non-hydrogen) atoms. The van der Waals surface area contributed by atoms with Crippen LogP contribution in [0.5, 0.6) is 0 Å². The van der Waals surface area contributed by atoms with Crippen LogP contribution in [0.1, 0.15) is 24.3 Å². The molecule has 1 fully saturated rings. The zero-order valence-corrected chi connectivity index (χ0v) is 13.7. The maximum Gasteiger partial charge on any atom is 0.140 e. The zero-order valence-electron chi connectivity index (χ0n) is 12.7. The minimum atomic E-state index is -1.01. The van der Waals surface area contributed by atoms with Crippen molar-refractivity contribution in [2.24, 2.45) is 0 Å². The van der Waals surface area contributed by atoms with Gasteiger partial charge in [0.15, 0.2) is 0 Å². The van der Waals surface area contributed by atoms with E-state index in [9.17, 15) is 0 Å². The first-order valence-electron chi connectivity index (χ1n) is 7.57. The van der Waals surface area contributed by atoms with E-state index in [-0.39, 0.29) is 0 Å². The molecular formula is C16H24N2OSi. The number of para-hydroxylation sites is 1. The molecule has 0 amide bonds. The van der Waals surface area contributed by atoms with E-state index >= 15 is 0 Å². The molecule has 108 valence electrons. The fraction of sp³-hybridized carbons (Fsp3) is 0.562. The van der Waals surface area contributed by atoms with Gasteiger partial charge in [-0.25, -0.2) is 4.68 Å². The third-order valence-electron chi connectivity index (χ3n) is 3.92. The van der Waals surface area contributed by atoms with Gasteiger partial charge >= 0.3 is 0 Å². The number of hydrogen-bond acceptors (Lipinski definition) is 2. The quantitative estimate of drug-likeness (QED) is 0.587. The minimum Gasteiger partial charge on any atom is -0.360 e. The predicted octanol–water partition coefficient (Wildman–Crippen LogP) is 4.23. The summed E-state index contributed by atoms with van der Waals surface area (Å²) in [6.07, 6.45) is 4.60. The number of benzene rings is 1. The third-order valence-corrected chi connectivity index (χ3v) is 5.62. The molecule has 1 heterocycles. The van der Waals surface area contributed by atoms with Gasteiger partial charge in [0.2, 0.25) is 0 Å². The lowest BCUT2D eigenvalue weighted by Crippen LogP contribution is -2.22. The molecule has 0 aliphatic heterocycles. The van der Waals surface area contributed by atoms with Gasteiger partial charge in [0.05, 0.1) is 11.7 Å². The highest BCUT2D eigenvalue weighted by molar-refractivity contribution is 6.76. The van der Waals surface area contributed by atoms with Crippen LogP contribution < -0.4 is 0 Å². The molecule has 0 N–H and O–H groups in total. The Balaban J connectivity index is 1.72. The topological polar surface area (TPSA) is 27.1 Å². The molecule has 2 aromatic rings. The van der Waals surface area contributed by atoms with Crippen LogP contribution in [0, 0.1) is 0 Å². The maximum atomic E-state index is 5.85. The standard InChI is InChI=1S/C16H24N2OSi/c1-20(2,3)10-9-19-12-18-16-14(11-17-18)5-4-6-15(16)13-7-8-13/h4-6,11,13H,7-10,12H2,1-3H3. The van der Waals surface area contributed by atoms with Gasteiger partial charge in [0, 0.05) is 20.1 Å². The molecule has 1 aliphatic rings. The Kier molecular flexibility index (Phi) is 3.69. The van der Waals surface area contributed by atoms with Crippen LogP contribution in [0.4, 0.5) is 0 Å². The number of nitrogens with zero attached hydrogens (tertiary/aromatic N) is 2. The van der Waals surface area contributed by atoms with Crippen molar-refractivity contribution in [2.75, 3.05) is 6.61 Å². The van der Waals surface area contributed by atoms with E-state index in [1.165, 1.54) is 35.4 Å². The molecule has 4 heteroatoms. The lowest BCUT2D eigenvalue weighted by atomic mass is 10.1. The summed E-state index contributed by atoms with van der Waals surface area (Å²) in [4.78, 5) is 0. The Labute approximate surface area is 121 Å². The molecule has 0 spiro atoms. The summed E-state index contributed by atoms with van der Waals surface area (Å²) in [7, 11) is -1.01. The second kappa shape index (κ2) is 5.33. The summed E-state index contributed by atoms with van der Waals surface area (Å²) in [5.41, 5.74) is 2.73. The Morgan fingerprint density at radius 2 is 2.10 bits per heavy atom. The molecule has 0 bridgehead atoms. The van der Waals surface area contributed by atoms with Crippen LogP contribution in [0.15, 0.2) is 24.4 Å². The Bertz CT molecular complexity index is 596. The van der Waals surface area contributed by atoms with Crippen LogP contribution in [-0.2, 0) is 11.5 Å². The summed E-state index contributed by atoms with van der Waals surface area (Å²) in [6, 6.07) is 7.75. The molecule has 3 nitrogen and oxygen atoms in total. The van der Waals surface area contributed by atoms with E-state index in [4.69, 9.17) is 4.74 Å². The summed E-state index contributed by atoms with van der Waals surface area (Å²) < 4.78 is 7.89. The van der Waals surface area contributed by atoms with E-state index in [0.29, 0.717) is 6.73 Å². The summed E-state index contributed by atoms with van der Waals surface area (Å²) in [5.74, 6) is 0.746. The Hall–Kier alpha value is -1.13. The van der Waals surface area contributed by atoms with E-state index in [2.05, 4.69) is 42.9 Å². The normalized spacial score (nSPS) is 15.9. The van der Waals surface area contributed by atoms with Crippen molar-refractivity contribution in [1.82, 2.24) is 9.78 Å². The predicted molar refractivity (Wildman–Crippen MR) is 85.8 cm³/mol. The first-order valence-corrected chi connectivity index (χ1v) is 11.3. The number of hydrogen-bond donors (Lipinski definition) is 0. The molecule has 1 saturated carbocycles. The van der Waals surface area contributed by atoms with Crippen molar-refractivity contribution in [3.05, 3.63) is 30.0 Å². The van der Waals surface area contributed by atoms with Crippen LogP contribution >= 0.6 is 0 Å². The van der Waals surface area contributed by atoms with Gasteiger partial charge in [-0.3, -0.25) is 0 Å². The van der Waals surface area contributed by atoms with Crippen molar-refractivity contribution < 1.29 is 4.74 Å². The van der Waals surface area contributed by atoms with Crippen molar-refractivity contribution in [2.45, 2.75) is 51.2 Å². The molecule has 3 rings (SSSR count). The average molecular weight is 288 g/mol. The van der Waals surface area contributed by atoms with Crippen molar-refractivity contribution in [3.63, 3.8) is 0 Å². The number of aromatic nitrogens is 2. The van der Waals surface area contributed by atoms with E-state index in [0.717, 1.165) is 12.5 Å². The van der Waals surface area contributed by atoms with Gasteiger partial charge in [0.25, 0.3) is 0 Å². The van der Waals surface area contributed by atoms with Crippen LogP contribution in [0.3, 0.4) is 0 Å². The lowest BCUT2D eigenvalue weighted by Gasteiger charge is -2.15. The SMILES string of the molecule is C[Si](C)(C)CCOCn1ncc2cccc(C3CC3)c21. The number of rotatable bonds is 6. The Morgan fingerprint density at radius 3 is 2.80 bits per heavy atom. The number of ether oxygens (including phenoxy) is 1. The van der Waals surface area contributed by atoms with Crippen LogP contribution in [0.2, 0.25) is 25.7 Å². The maximum absolute atomic E-state index is 5.85. The van der Waals surface area contributed by atoms with Gasteiger partial charge in [-0.15, -0.1) is 0 Å². The summed E-state index contributed by atoms with van der Waals surface area (Å²) in [5, 5.41) is 5.74. The fourth-order valence-corrected chi connectivity index (χ4v) is 3.28. The average Bonchev–Trinajstić information content (AvgIpc) is 3.14. The molecule has 1 aromatic heterocycles. The van der Waals surface area contributed by atoms with E-state index in [1.54, 1.807) is 0 Å². The lowest BCUT2D eigenvalue weighted by molar-refractivity contribution is 0.0816. The summed E-state index contributed by atoms with van der Waals surface area (Å²) in [6.45, 7) is 8.57. The highest BCUT2D eigenvalue weighted by Gasteiger charge is 2.26. The van der Waals surface area contributed by atoms with E-state index < -0.39 is 8.07 Å². The van der Waals surface area contributed by atoms with Crippen molar-refractivity contribution in [1.29, 1.82) is 0 Å². The van der Waals surface area contributed by atoms with Gasteiger partial charge in [-0.1, -0.05) is 37.8 Å². The molecule has 0 radical (unpaired) electrons.